The lowest BCUT2D eigenvalue weighted by molar-refractivity contribution is 0.0603. The Bertz CT molecular complexity index is 1320. The standard InChI is InChI=1S/C22H18N4O3S2/c1-12(25-26-22(23)28)17-7-9-19(30-17)20-10-8-18(31-20)16-11-14(21(27)29-2)13-5-3-4-6-15(13)24-16/h3-11H,1-2H3,(H3,23,26,28)/b25-12-. The molecular weight excluding hydrogens is 432 g/mol. The molecule has 1 aromatic carbocycles. The molecule has 0 radical (unpaired) electrons. The Morgan fingerprint density at radius 2 is 1.74 bits per heavy atom. The number of carbonyl (C=O) groups is 2. The molecular formula is C22H18N4O3S2. The van der Waals surface area contributed by atoms with Crippen LogP contribution in [0, 0.1) is 0 Å². The zero-order chi connectivity index (χ0) is 22.0. The minimum absolute atomic E-state index is 0.390. The smallest absolute Gasteiger partial charge is 0.338 e. The molecule has 31 heavy (non-hydrogen) atoms. The van der Waals surface area contributed by atoms with Gasteiger partial charge in [-0.3, -0.25) is 0 Å². The van der Waals surface area contributed by atoms with E-state index in [0.717, 1.165) is 36.1 Å². The first kappa shape index (κ1) is 20.7. The molecule has 0 saturated heterocycles. The van der Waals surface area contributed by atoms with E-state index >= 15 is 0 Å². The van der Waals surface area contributed by atoms with Gasteiger partial charge >= 0.3 is 12.0 Å². The minimum atomic E-state index is -0.701. The number of nitrogens with one attached hydrogen (secondary N) is 1. The molecule has 3 aromatic heterocycles. The Balaban J connectivity index is 1.68. The highest BCUT2D eigenvalue weighted by molar-refractivity contribution is 7.24. The van der Waals surface area contributed by atoms with Gasteiger partial charge in [0, 0.05) is 15.1 Å². The molecule has 0 bridgehead atoms. The van der Waals surface area contributed by atoms with E-state index in [-0.39, 0.29) is 5.97 Å². The van der Waals surface area contributed by atoms with Crippen LogP contribution in [0.3, 0.4) is 0 Å². The number of urea groups is 1. The van der Waals surface area contributed by atoms with E-state index in [0.29, 0.717) is 11.3 Å². The number of thiophene rings is 2. The number of pyridine rings is 1. The van der Waals surface area contributed by atoms with Crippen LogP contribution >= 0.6 is 22.7 Å². The number of carbonyl (C=O) groups excluding carboxylic acids is 2. The number of ether oxygens (including phenoxy) is 1. The first-order valence-corrected chi connectivity index (χ1v) is 10.9. The molecule has 9 heteroatoms. The second-order valence-corrected chi connectivity index (χ2v) is 8.73. The highest BCUT2D eigenvalue weighted by Crippen LogP contribution is 2.38. The van der Waals surface area contributed by atoms with Crippen molar-refractivity contribution in [2.45, 2.75) is 6.92 Å². The fraction of sp³-hybridized carbons (Fsp3) is 0.0909. The second-order valence-electron chi connectivity index (χ2n) is 6.56. The predicted octanol–water partition coefficient (Wildman–Crippen LogP) is 4.87. The van der Waals surface area contributed by atoms with Gasteiger partial charge < -0.3 is 10.5 Å². The van der Waals surface area contributed by atoms with Crippen LogP contribution in [-0.4, -0.2) is 29.8 Å². The summed E-state index contributed by atoms with van der Waals surface area (Å²) >= 11 is 3.15. The number of benzene rings is 1. The Labute approximate surface area is 186 Å². The maximum Gasteiger partial charge on any atom is 0.338 e. The van der Waals surface area contributed by atoms with Crippen molar-refractivity contribution in [3.63, 3.8) is 0 Å². The largest absolute Gasteiger partial charge is 0.465 e. The van der Waals surface area contributed by atoms with Crippen molar-refractivity contribution in [1.82, 2.24) is 10.4 Å². The van der Waals surface area contributed by atoms with Gasteiger partial charge in [0.25, 0.3) is 0 Å². The summed E-state index contributed by atoms with van der Waals surface area (Å²) in [6, 6.07) is 16.6. The summed E-state index contributed by atoms with van der Waals surface area (Å²) in [6.45, 7) is 1.80. The number of primary amides is 1. The topological polar surface area (TPSA) is 107 Å². The maximum absolute atomic E-state index is 12.3. The van der Waals surface area contributed by atoms with Gasteiger partial charge in [-0.2, -0.15) is 5.10 Å². The van der Waals surface area contributed by atoms with E-state index < -0.39 is 6.03 Å². The summed E-state index contributed by atoms with van der Waals surface area (Å²) in [6.07, 6.45) is 0. The third-order valence-corrected chi connectivity index (χ3v) is 7.02. The molecule has 3 N–H and O–H groups in total. The van der Waals surface area contributed by atoms with Gasteiger partial charge in [0.05, 0.1) is 39.3 Å². The third-order valence-electron chi connectivity index (χ3n) is 4.52. The molecule has 0 fully saturated rings. The van der Waals surface area contributed by atoms with Crippen LogP contribution in [0.1, 0.15) is 22.2 Å². The van der Waals surface area contributed by atoms with Gasteiger partial charge in [-0.15, -0.1) is 22.7 Å². The van der Waals surface area contributed by atoms with Crippen molar-refractivity contribution in [3.8, 4) is 20.3 Å². The molecule has 156 valence electrons. The van der Waals surface area contributed by atoms with Crippen LogP contribution in [0.15, 0.2) is 59.7 Å². The lowest BCUT2D eigenvalue weighted by Gasteiger charge is -2.07. The molecule has 3 heterocycles. The number of esters is 1. The van der Waals surface area contributed by atoms with Crippen LogP contribution in [-0.2, 0) is 4.74 Å². The molecule has 0 spiro atoms. The highest BCUT2D eigenvalue weighted by atomic mass is 32.1. The van der Waals surface area contributed by atoms with E-state index in [2.05, 4.69) is 10.5 Å². The van der Waals surface area contributed by atoms with Crippen molar-refractivity contribution in [2.75, 3.05) is 7.11 Å². The highest BCUT2D eigenvalue weighted by Gasteiger charge is 2.16. The number of hydrogen-bond acceptors (Lipinski definition) is 7. The number of hydrazone groups is 1. The molecule has 0 saturated carbocycles. The summed E-state index contributed by atoms with van der Waals surface area (Å²) < 4.78 is 4.96. The number of aromatic nitrogens is 1. The lowest BCUT2D eigenvalue weighted by atomic mass is 10.1. The molecule has 7 nitrogen and oxygen atoms in total. The number of rotatable bonds is 5. The minimum Gasteiger partial charge on any atom is -0.465 e. The number of nitrogens with two attached hydrogens (primary N) is 1. The van der Waals surface area contributed by atoms with Crippen molar-refractivity contribution < 1.29 is 14.3 Å². The monoisotopic (exact) mass is 450 g/mol. The van der Waals surface area contributed by atoms with Crippen molar-refractivity contribution >= 4 is 51.3 Å². The average molecular weight is 451 g/mol. The molecule has 0 unspecified atom stereocenters. The number of nitrogens with zero attached hydrogens (tertiary/aromatic N) is 2. The van der Waals surface area contributed by atoms with Crippen LogP contribution < -0.4 is 11.2 Å². The first-order valence-electron chi connectivity index (χ1n) is 9.25. The van der Waals surface area contributed by atoms with Gasteiger partial charge in [-0.25, -0.2) is 20.0 Å². The summed E-state index contributed by atoms with van der Waals surface area (Å²) in [7, 11) is 1.37. The quantitative estimate of drug-likeness (QED) is 0.257. The number of para-hydroxylation sites is 1. The molecule has 4 rings (SSSR count). The molecule has 4 aromatic rings. The van der Waals surface area contributed by atoms with Gasteiger partial charge in [0.1, 0.15) is 0 Å². The molecule has 2 amide bonds. The van der Waals surface area contributed by atoms with E-state index in [9.17, 15) is 9.59 Å². The molecule has 0 aliphatic heterocycles. The van der Waals surface area contributed by atoms with Crippen LogP contribution in [0.4, 0.5) is 4.79 Å². The number of hydrogen-bond donors (Lipinski definition) is 2. The van der Waals surface area contributed by atoms with Crippen molar-refractivity contribution in [2.24, 2.45) is 10.8 Å². The summed E-state index contributed by atoms with van der Waals surface area (Å²) in [5.74, 6) is -0.390. The Morgan fingerprint density at radius 3 is 2.52 bits per heavy atom. The third kappa shape index (κ3) is 4.32. The van der Waals surface area contributed by atoms with E-state index in [1.807, 2.05) is 48.5 Å². The number of methoxy groups -OCH3 is 1. The zero-order valence-electron chi connectivity index (χ0n) is 16.7. The van der Waals surface area contributed by atoms with Crippen LogP contribution in [0.2, 0.25) is 0 Å². The Morgan fingerprint density at radius 1 is 1.03 bits per heavy atom. The molecule has 0 atom stereocenters. The number of amides is 2. The van der Waals surface area contributed by atoms with E-state index in [4.69, 9.17) is 15.5 Å². The lowest BCUT2D eigenvalue weighted by Crippen LogP contribution is -2.25. The SMILES string of the molecule is COC(=O)c1cc(-c2ccc(-c3ccc(/C(C)=N\NC(N)=O)s3)s2)nc2ccccc12. The van der Waals surface area contributed by atoms with Crippen LogP contribution in [0.5, 0.6) is 0 Å². The van der Waals surface area contributed by atoms with Gasteiger partial charge in [-0.05, 0) is 43.3 Å². The Kier molecular flexibility index (Phi) is 5.79. The molecule has 0 aliphatic rings. The summed E-state index contributed by atoms with van der Waals surface area (Å²) in [5.41, 5.74) is 9.92. The molecule has 0 aliphatic carbocycles. The summed E-state index contributed by atoms with van der Waals surface area (Å²) in [4.78, 5) is 31.9. The first-order chi connectivity index (χ1) is 15.0. The zero-order valence-corrected chi connectivity index (χ0v) is 18.3. The summed E-state index contributed by atoms with van der Waals surface area (Å²) in [5, 5.41) is 4.73. The normalized spacial score (nSPS) is 11.5. The van der Waals surface area contributed by atoms with Crippen LogP contribution in [0.25, 0.3) is 31.2 Å². The fourth-order valence-electron chi connectivity index (χ4n) is 3.05. The van der Waals surface area contributed by atoms with Gasteiger partial charge in [-0.1, -0.05) is 18.2 Å². The van der Waals surface area contributed by atoms with E-state index in [1.54, 1.807) is 35.7 Å². The van der Waals surface area contributed by atoms with Gasteiger partial charge in [0.2, 0.25) is 0 Å². The van der Waals surface area contributed by atoms with Crippen molar-refractivity contribution in [1.29, 1.82) is 0 Å². The average Bonchev–Trinajstić information content (AvgIpc) is 3.46. The number of fused-ring (bicyclic) bond motifs is 1. The second kappa shape index (κ2) is 8.66. The van der Waals surface area contributed by atoms with E-state index in [1.165, 1.54) is 7.11 Å². The van der Waals surface area contributed by atoms with Crippen molar-refractivity contribution in [3.05, 3.63) is 65.0 Å². The fourth-order valence-corrected chi connectivity index (χ4v) is 5.06. The predicted molar refractivity (Wildman–Crippen MR) is 125 cm³/mol. The Hall–Kier alpha value is -3.56. The maximum atomic E-state index is 12.3. The van der Waals surface area contributed by atoms with Gasteiger partial charge in [0.15, 0.2) is 0 Å².